The van der Waals surface area contributed by atoms with Crippen molar-refractivity contribution >= 4 is 102 Å². The summed E-state index contributed by atoms with van der Waals surface area (Å²) in [5.74, 6) is -16.5. The lowest BCUT2D eigenvalue weighted by Crippen LogP contribution is -2.62. The van der Waals surface area contributed by atoms with Gasteiger partial charge in [-0.25, -0.2) is 4.79 Å². The second kappa shape index (κ2) is 41.8. The summed E-state index contributed by atoms with van der Waals surface area (Å²) in [4.78, 5) is 179. The number of guanidine groups is 2. The first-order chi connectivity index (χ1) is 40.6. The number of carboxylic acid groups (broad SMARTS) is 3. The number of hydrogen-bond donors (Lipinski definition) is 21. The third-order valence-electron chi connectivity index (χ3n) is 12.8. The average molecular weight is 1260 g/mol. The normalized spacial score (nSPS) is 14.8. The minimum Gasteiger partial charge on any atom is -0.481 e. The molecule has 0 fully saturated rings. The van der Waals surface area contributed by atoms with Crippen molar-refractivity contribution < 1.29 is 82.8 Å². The number of aliphatic hydroxyl groups excluding tert-OH is 1. The molecule has 0 aliphatic rings. The molecule has 0 saturated heterocycles. The summed E-state index contributed by atoms with van der Waals surface area (Å²) in [6, 6.07) is -15.7. The molecule has 0 aromatic carbocycles. The molecule has 0 aromatic rings. The monoisotopic (exact) mass is 1260 g/mol. The van der Waals surface area contributed by atoms with E-state index in [1.165, 1.54) is 0 Å². The molecule has 0 heterocycles. The van der Waals surface area contributed by atoms with Crippen LogP contribution in [0.5, 0.6) is 0 Å². The molecule has 35 nitrogen and oxygen atoms in total. The molecule has 10 amide bonds. The number of aliphatic hydroxyl groups is 1. The number of carbonyl (C=O) groups is 13. The predicted octanol–water partition coefficient (Wildman–Crippen LogP) is -6.99. The fourth-order valence-electron chi connectivity index (χ4n) is 8.04. The van der Waals surface area contributed by atoms with Gasteiger partial charge in [0.05, 0.1) is 12.1 Å². The molecule has 0 aromatic heterocycles. The van der Waals surface area contributed by atoms with Crippen LogP contribution in [0, 0.1) is 11.8 Å². The van der Waals surface area contributed by atoms with Crippen molar-refractivity contribution in [3.8, 4) is 0 Å². The van der Waals surface area contributed by atoms with Gasteiger partial charge < -0.3 is 108 Å². The smallest absolute Gasteiger partial charge is 0.326 e. The zero-order chi connectivity index (χ0) is 66.7. The molecule has 0 saturated carbocycles. The van der Waals surface area contributed by atoms with Gasteiger partial charge in [-0.05, 0) is 95.9 Å². The molecule has 27 N–H and O–H groups in total. The summed E-state index contributed by atoms with van der Waals surface area (Å²) in [5, 5.41) is 61.1. The summed E-state index contributed by atoms with van der Waals surface area (Å²) >= 11 is 4.16. The molecule has 36 heteroatoms. The second-order valence-corrected chi connectivity index (χ2v) is 21.6. The standard InChI is InChI=1S/C51H92N18O17S/c1-24(2)22-33(66-40(76)27(53)10-8-20-59-50(55)56)46(82)65-30(13-16-35(54)71)41(77)63-32(15-18-37(74)75)43(79)64-31(14-17-36(72)73)42(78)61-29(12-9-21-60-51(57)58)45(81)69-39(26(5)70)48(84)67-34(23-87)47(83)62-28(11-6-7-19-52)44(80)68-38(25(3)4)49(85)86/h24-34,38-39,70,87H,6-23,52-53H2,1-5H3,(H2,54,71)(H,61,78)(H,62,83)(H,63,77)(H,64,79)(H,65,82)(H,66,76)(H,67,84)(H,68,80)(H,69,81)(H,72,73)(H,74,75)(H,85,86)(H4,55,56,59)(H4,57,58,60)/t26-,27+,28+,29+,30+,31+,32+,33+,34+,38+,39+/m1/s1. The third-order valence-corrected chi connectivity index (χ3v) is 13.1. The summed E-state index contributed by atoms with van der Waals surface area (Å²) in [7, 11) is 0. The van der Waals surface area contributed by atoms with Crippen molar-refractivity contribution in [1.82, 2.24) is 47.9 Å². The van der Waals surface area contributed by atoms with Crippen LogP contribution in [0.4, 0.5) is 0 Å². The van der Waals surface area contributed by atoms with Crippen LogP contribution in [0.1, 0.15) is 125 Å². The molecule has 0 unspecified atom stereocenters. The lowest BCUT2D eigenvalue weighted by molar-refractivity contribution is -0.143. The lowest BCUT2D eigenvalue weighted by atomic mass is 10.0. The summed E-state index contributed by atoms with van der Waals surface area (Å²) in [6.45, 7) is 7.90. The van der Waals surface area contributed by atoms with Crippen molar-refractivity contribution in [3.05, 3.63) is 0 Å². The van der Waals surface area contributed by atoms with Gasteiger partial charge in [0, 0.05) is 38.1 Å². The Labute approximate surface area is 509 Å². The zero-order valence-electron chi connectivity index (χ0n) is 49.7. The van der Waals surface area contributed by atoms with Crippen LogP contribution in [0.2, 0.25) is 0 Å². The van der Waals surface area contributed by atoms with E-state index in [0.29, 0.717) is 19.3 Å². The number of nitrogens with zero attached hydrogens (tertiary/aromatic N) is 2. The largest absolute Gasteiger partial charge is 0.481 e. The Morgan fingerprint density at radius 3 is 1.16 bits per heavy atom. The fraction of sp³-hybridized carbons (Fsp3) is 0.706. The van der Waals surface area contributed by atoms with E-state index in [9.17, 15) is 82.8 Å². The summed E-state index contributed by atoms with van der Waals surface area (Å²) in [6.07, 6.45) is -4.98. The van der Waals surface area contributed by atoms with Crippen molar-refractivity contribution in [2.24, 2.45) is 62.0 Å². The fourth-order valence-corrected chi connectivity index (χ4v) is 8.30. The van der Waals surface area contributed by atoms with Crippen molar-refractivity contribution in [3.63, 3.8) is 0 Å². The number of carbonyl (C=O) groups excluding carboxylic acids is 10. The van der Waals surface area contributed by atoms with Crippen molar-refractivity contribution in [2.75, 3.05) is 25.4 Å². The predicted molar refractivity (Wildman–Crippen MR) is 318 cm³/mol. The molecule has 0 rings (SSSR count). The number of primary amides is 1. The Kier molecular flexibility index (Phi) is 37.9. The molecule has 87 heavy (non-hydrogen) atoms. The minimum atomic E-state index is -1.90. The maximum absolute atomic E-state index is 14.2. The van der Waals surface area contributed by atoms with Crippen LogP contribution in [-0.2, 0) is 62.3 Å². The van der Waals surface area contributed by atoms with Gasteiger partial charge in [-0.3, -0.25) is 67.5 Å². The highest BCUT2D eigenvalue weighted by Gasteiger charge is 2.37. The Bertz CT molecular complexity index is 2390. The maximum Gasteiger partial charge on any atom is 0.326 e. The Hall–Kier alpha value is -8.12. The Morgan fingerprint density at radius 2 is 0.793 bits per heavy atom. The molecule has 11 atom stereocenters. The third kappa shape index (κ3) is 33.4. The molecule has 0 aliphatic carbocycles. The topological polar surface area (TPSA) is 618 Å². The van der Waals surface area contributed by atoms with E-state index in [0.717, 1.165) is 6.92 Å². The quantitative estimate of drug-likeness (QED) is 0.0117. The summed E-state index contributed by atoms with van der Waals surface area (Å²) < 4.78 is 0. The van der Waals surface area contributed by atoms with Gasteiger partial charge in [0.25, 0.3) is 0 Å². The van der Waals surface area contributed by atoms with Gasteiger partial charge in [0.2, 0.25) is 59.1 Å². The van der Waals surface area contributed by atoms with E-state index in [4.69, 9.17) is 40.1 Å². The number of nitrogens with two attached hydrogens (primary N) is 7. The molecule has 0 bridgehead atoms. The SMILES string of the molecule is CC(C)C[C@H](NC(=O)[C@@H](N)CCCN=C(N)N)C(=O)N[C@@H](CCC(N)=O)C(=O)N[C@@H](CCC(=O)O)C(=O)N[C@@H](CCC(=O)O)C(=O)N[C@@H](CCCN=C(N)N)C(=O)N[C@H](C(=O)N[C@@H](CS)C(=O)N[C@@H](CCCCN)C(=O)N[C@H](C(=O)O)C(C)C)[C@@H](C)O. The van der Waals surface area contributed by atoms with Gasteiger partial charge in [-0.2, -0.15) is 12.6 Å². The number of aliphatic imine (C=N–C) groups is 2. The Balaban J connectivity index is 7.00. The van der Waals surface area contributed by atoms with Gasteiger partial charge in [0.1, 0.15) is 54.4 Å². The highest BCUT2D eigenvalue weighted by Crippen LogP contribution is 2.12. The van der Waals surface area contributed by atoms with Crippen molar-refractivity contribution in [1.29, 1.82) is 0 Å². The molecular weight excluding hydrogens is 1170 g/mol. The second-order valence-electron chi connectivity index (χ2n) is 21.2. The first kappa shape index (κ1) is 78.9. The minimum absolute atomic E-state index is 0.00564. The zero-order valence-corrected chi connectivity index (χ0v) is 50.6. The van der Waals surface area contributed by atoms with Gasteiger partial charge in [-0.15, -0.1) is 0 Å². The van der Waals surface area contributed by atoms with E-state index in [1.807, 2.05) is 0 Å². The average Bonchev–Trinajstić information content (AvgIpc) is 3.20. The molecule has 0 radical (unpaired) electrons. The van der Waals surface area contributed by atoms with E-state index >= 15 is 0 Å². The van der Waals surface area contributed by atoms with Crippen LogP contribution in [-0.4, -0.2) is 201 Å². The van der Waals surface area contributed by atoms with E-state index < -0.39 is 194 Å². The molecule has 0 spiro atoms. The first-order valence-electron chi connectivity index (χ1n) is 28.2. The van der Waals surface area contributed by atoms with Gasteiger partial charge >= 0.3 is 17.9 Å². The number of hydrogen-bond acceptors (Lipinski definition) is 19. The van der Waals surface area contributed by atoms with E-state index in [1.54, 1.807) is 27.7 Å². The number of carboxylic acids is 3. The highest BCUT2D eigenvalue weighted by atomic mass is 32.1. The number of nitrogens with one attached hydrogen (secondary N) is 9. The molecular formula is C51H92N18O17S. The number of thiol groups is 1. The highest BCUT2D eigenvalue weighted by molar-refractivity contribution is 7.80. The molecule has 494 valence electrons. The molecule has 0 aliphatic heterocycles. The van der Waals surface area contributed by atoms with Crippen LogP contribution in [0.15, 0.2) is 9.98 Å². The van der Waals surface area contributed by atoms with E-state index in [-0.39, 0.29) is 69.6 Å². The number of rotatable bonds is 45. The Morgan fingerprint density at radius 1 is 0.437 bits per heavy atom. The van der Waals surface area contributed by atoms with Crippen molar-refractivity contribution in [2.45, 2.75) is 191 Å². The van der Waals surface area contributed by atoms with Crippen LogP contribution in [0.3, 0.4) is 0 Å². The van der Waals surface area contributed by atoms with Crippen LogP contribution in [0.25, 0.3) is 0 Å². The number of amides is 10. The number of aliphatic carboxylic acids is 3. The van der Waals surface area contributed by atoms with Crippen LogP contribution >= 0.6 is 12.6 Å². The van der Waals surface area contributed by atoms with Crippen LogP contribution < -0.4 is 88.0 Å². The lowest BCUT2D eigenvalue weighted by Gasteiger charge is -2.29. The first-order valence-corrected chi connectivity index (χ1v) is 28.8. The van der Waals surface area contributed by atoms with Gasteiger partial charge in [-0.1, -0.05) is 27.7 Å². The van der Waals surface area contributed by atoms with E-state index in [2.05, 4.69) is 70.5 Å². The van der Waals surface area contributed by atoms with Gasteiger partial charge in [0.15, 0.2) is 11.9 Å². The number of unbranched alkanes of at least 4 members (excludes halogenated alkanes) is 1. The summed E-state index contributed by atoms with van der Waals surface area (Å²) in [5.41, 5.74) is 38.6. The maximum atomic E-state index is 14.2.